The van der Waals surface area contributed by atoms with Crippen LogP contribution < -0.4 is 10.3 Å². The van der Waals surface area contributed by atoms with Crippen molar-refractivity contribution in [3.63, 3.8) is 0 Å². The number of hydrogen-bond donors (Lipinski definition) is 5. The highest BCUT2D eigenvalue weighted by atomic mass is 16.6. The van der Waals surface area contributed by atoms with Crippen molar-refractivity contribution in [2.24, 2.45) is 0 Å². The minimum atomic E-state index is -1.25. The number of anilines is 1. The average molecular weight is 388 g/mol. The van der Waals surface area contributed by atoms with Crippen LogP contribution in [0.1, 0.15) is 17.8 Å². The molecule has 1 fully saturated rings. The van der Waals surface area contributed by atoms with E-state index < -0.39 is 37.2 Å². The highest BCUT2D eigenvalue weighted by molar-refractivity contribution is 5.79. The van der Waals surface area contributed by atoms with Crippen LogP contribution in [0.4, 0.5) is 5.82 Å². The van der Waals surface area contributed by atoms with Crippen LogP contribution in [-0.4, -0.2) is 66.5 Å². The van der Waals surface area contributed by atoms with Crippen LogP contribution >= 0.6 is 0 Å². The van der Waals surface area contributed by atoms with Gasteiger partial charge in [0.15, 0.2) is 11.7 Å². The first-order valence-corrected chi connectivity index (χ1v) is 8.87. The molecule has 10 heteroatoms. The van der Waals surface area contributed by atoms with Gasteiger partial charge in [-0.2, -0.15) is 0 Å². The second kappa shape index (κ2) is 7.41. The Labute approximate surface area is 160 Å². The van der Waals surface area contributed by atoms with Crippen molar-refractivity contribution in [2.75, 3.05) is 18.9 Å². The quantitative estimate of drug-likeness (QED) is 0.331. The summed E-state index contributed by atoms with van der Waals surface area (Å²) < 4.78 is 8.64. The zero-order valence-corrected chi connectivity index (χ0v) is 14.9. The van der Waals surface area contributed by atoms with Crippen LogP contribution in [0.25, 0.3) is 11.2 Å². The van der Waals surface area contributed by atoms with E-state index in [0.717, 1.165) is 5.56 Å². The van der Waals surface area contributed by atoms with Gasteiger partial charge in [-0.3, -0.25) is 4.57 Å². The normalized spacial score (nSPS) is 26.0. The molecule has 3 heterocycles. The van der Waals surface area contributed by atoms with Crippen LogP contribution in [0.2, 0.25) is 0 Å². The molecule has 0 bridgehead atoms. The molecule has 10 nitrogen and oxygen atoms in total. The van der Waals surface area contributed by atoms with E-state index in [1.165, 1.54) is 17.2 Å². The lowest BCUT2D eigenvalue weighted by Crippen LogP contribution is -2.45. The topological polar surface area (TPSA) is 151 Å². The van der Waals surface area contributed by atoms with E-state index in [2.05, 4.69) is 9.97 Å². The molecular weight excluding hydrogens is 366 g/mol. The molecule has 0 radical (unpaired) electrons. The Kier molecular flexibility index (Phi) is 4.96. The van der Waals surface area contributed by atoms with E-state index in [4.69, 9.17) is 10.5 Å². The SMILES string of the molecule is Nc1c2ncn([C@@H]3O[C@H](CO)[C@@H](O)[C@H]3O)c2nc[n+]1[C@@H](CO)c1ccccc1. The molecule has 2 aromatic heterocycles. The van der Waals surface area contributed by atoms with E-state index in [-0.39, 0.29) is 6.61 Å². The first-order chi connectivity index (χ1) is 13.6. The zero-order valence-electron chi connectivity index (χ0n) is 14.9. The van der Waals surface area contributed by atoms with Gasteiger partial charge < -0.3 is 30.9 Å². The number of imidazole rings is 1. The lowest BCUT2D eigenvalue weighted by molar-refractivity contribution is -0.703. The van der Waals surface area contributed by atoms with Gasteiger partial charge in [0.05, 0.1) is 13.2 Å². The number of fused-ring (bicyclic) bond motifs is 1. The summed E-state index contributed by atoms with van der Waals surface area (Å²) in [6, 6.07) is 8.96. The monoisotopic (exact) mass is 388 g/mol. The number of hydrogen-bond acceptors (Lipinski definition) is 8. The third kappa shape index (κ3) is 2.91. The van der Waals surface area contributed by atoms with E-state index in [0.29, 0.717) is 17.0 Å². The number of nitrogen functional groups attached to an aromatic ring is 1. The Hall–Kier alpha value is -2.63. The minimum absolute atomic E-state index is 0.179. The van der Waals surface area contributed by atoms with Crippen LogP contribution in [0.3, 0.4) is 0 Å². The van der Waals surface area contributed by atoms with Gasteiger partial charge in [-0.25, -0.2) is 9.55 Å². The predicted molar refractivity (Wildman–Crippen MR) is 96.8 cm³/mol. The van der Waals surface area contributed by atoms with Crippen LogP contribution in [-0.2, 0) is 4.74 Å². The maximum absolute atomic E-state index is 10.3. The van der Waals surface area contributed by atoms with Crippen molar-refractivity contribution in [3.8, 4) is 0 Å². The summed E-state index contributed by atoms with van der Waals surface area (Å²) in [7, 11) is 0. The molecule has 0 amide bonds. The number of aliphatic hydroxyl groups excluding tert-OH is 4. The van der Waals surface area contributed by atoms with Crippen LogP contribution in [0, 0.1) is 0 Å². The average Bonchev–Trinajstić information content (AvgIpc) is 3.27. The Morgan fingerprint density at radius 3 is 2.54 bits per heavy atom. The Balaban J connectivity index is 1.74. The Morgan fingerprint density at radius 1 is 1.14 bits per heavy atom. The summed E-state index contributed by atoms with van der Waals surface area (Å²) in [6.07, 6.45) is -1.43. The first-order valence-electron chi connectivity index (χ1n) is 8.87. The molecule has 4 rings (SSSR count). The number of benzene rings is 1. The van der Waals surface area contributed by atoms with Crippen molar-refractivity contribution < 1.29 is 29.7 Å². The summed E-state index contributed by atoms with van der Waals surface area (Å²) in [6.45, 7) is -0.603. The predicted octanol–water partition coefficient (Wildman–Crippen LogP) is -1.51. The molecule has 0 unspecified atom stereocenters. The molecule has 148 valence electrons. The summed E-state index contributed by atoms with van der Waals surface area (Å²) in [5.41, 5.74) is 7.89. The third-order valence-corrected chi connectivity index (χ3v) is 5.08. The van der Waals surface area contributed by atoms with Gasteiger partial charge in [0.25, 0.3) is 5.82 Å². The van der Waals surface area contributed by atoms with Gasteiger partial charge in [-0.05, 0) is 5.56 Å². The molecule has 0 spiro atoms. The van der Waals surface area contributed by atoms with Crippen molar-refractivity contribution >= 4 is 17.0 Å². The molecule has 0 aliphatic carbocycles. The zero-order chi connectivity index (χ0) is 19.8. The van der Waals surface area contributed by atoms with E-state index in [1.807, 2.05) is 30.3 Å². The lowest BCUT2D eigenvalue weighted by atomic mass is 10.1. The van der Waals surface area contributed by atoms with Gasteiger partial charge in [0, 0.05) is 0 Å². The van der Waals surface area contributed by atoms with Gasteiger partial charge >= 0.3 is 0 Å². The molecule has 6 N–H and O–H groups in total. The number of ether oxygens (including phenoxy) is 1. The molecule has 28 heavy (non-hydrogen) atoms. The molecule has 1 saturated heterocycles. The van der Waals surface area contributed by atoms with Gasteiger partial charge in [0.2, 0.25) is 12.0 Å². The summed E-state index contributed by atoms with van der Waals surface area (Å²) in [4.78, 5) is 8.67. The summed E-state index contributed by atoms with van der Waals surface area (Å²) in [5.74, 6) is 0.290. The standard InChI is InChI=1S/C18H21N5O5/c19-16-13-17(21-9-22(16)11(6-24)10-4-2-1-3-5-10)23(8-20-13)18-15(27)14(26)12(7-25)28-18/h1-5,8-9,11-12,14-15,18-19,24-27H,6-7H2/p+1/t11-,12+,14+,15+,18+/m0/s1. The number of aromatic nitrogens is 4. The van der Waals surface area contributed by atoms with Crippen molar-refractivity contribution in [1.29, 1.82) is 0 Å². The van der Waals surface area contributed by atoms with Crippen LogP contribution in [0.5, 0.6) is 0 Å². The molecule has 1 aliphatic rings. The fourth-order valence-electron chi connectivity index (χ4n) is 3.54. The highest BCUT2D eigenvalue weighted by Gasteiger charge is 2.44. The first kappa shape index (κ1) is 18.7. The molecular formula is C18H22N5O5+. The molecule has 3 aromatic rings. The van der Waals surface area contributed by atoms with E-state index in [9.17, 15) is 20.4 Å². The van der Waals surface area contributed by atoms with Crippen molar-refractivity contribution in [2.45, 2.75) is 30.6 Å². The van der Waals surface area contributed by atoms with Crippen LogP contribution in [0.15, 0.2) is 43.0 Å². The number of rotatable bonds is 5. The van der Waals surface area contributed by atoms with Gasteiger partial charge in [0.1, 0.15) is 30.7 Å². The summed E-state index contributed by atoms with van der Waals surface area (Å²) >= 11 is 0. The van der Waals surface area contributed by atoms with Gasteiger partial charge in [-0.15, -0.1) is 0 Å². The van der Waals surface area contributed by atoms with E-state index in [1.54, 1.807) is 4.57 Å². The second-order valence-electron chi connectivity index (χ2n) is 6.70. The minimum Gasteiger partial charge on any atom is -0.394 e. The second-order valence-corrected chi connectivity index (χ2v) is 6.70. The fourth-order valence-corrected chi connectivity index (χ4v) is 3.54. The highest BCUT2D eigenvalue weighted by Crippen LogP contribution is 2.31. The largest absolute Gasteiger partial charge is 0.394 e. The Bertz CT molecular complexity index is 966. The lowest BCUT2D eigenvalue weighted by Gasteiger charge is -2.17. The Morgan fingerprint density at radius 2 is 1.89 bits per heavy atom. The van der Waals surface area contributed by atoms with Gasteiger partial charge in [-0.1, -0.05) is 35.3 Å². The smallest absolute Gasteiger partial charge is 0.251 e. The van der Waals surface area contributed by atoms with E-state index >= 15 is 0 Å². The number of aliphatic hydroxyl groups is 4. The molecule has 0 saturated carbocycles. The fraction of sp³-hybridized carbons (Fsp3) is 0.389. The molecule has 1 aliphatic heterocycles. The number of nitrogens with two attached hydrogens (primary N) is 1. The molecule has 5 atom stereocenters. The molecule has 1 aromatic carbocycles. The summed E-state index contributed by atoms with van der Waals surface area (Å²) in [5, 5.41) is 39.4. The third-order valence-electron chi connectivity index (χ3n) is 5.08. The van der Waals surface area contributed by atoms with Crippen molar-refractivity contribution in [1.82, 2.24) is 14.5 Å². The van der Waals surface area contributed by atoms with Crippen molar-refractivity contribution in [3.05, 3.63) is 48.5 Å². The number of nitrogens with zero attached hydrogens (tertiary/aromatic N) is 4. The maximum Gasteiger partial charge on any atom is 0.251 e. The maximum atomic E-state index is 10.3.